The van der Waals surface area contributed by atoms with Crippen molar-refractivity contribution in [2.75, 3.05) is 0 Å². The second kappa shape index (κ2) is 5.94. The summed E-state index contributed by atoms with van der Waals surface area (Å²) in [5, 5.41) is 10.4. The molecule has 1 atom stereocenters. The Kier molecular flexibility index (Phi) is 4.86. The molecule has 0 spiro atoms. The average molecular weight is 225 g/mol. The summed E-state index contributed by atoms with van der Waals surface area (Å²) in [4.78, 5) is 0. The van der Waals surface area contributed by atoms with Crippen LogP contribution in [0.4, 0.5) is 0 Å². The zero-order valence-electron chi connectivity index (χ0n) is 9.15. The first kappa shape index (κ1) is 12.3. The van der Waals surface area contributed by atoms with Gasteiger partial charge in [0.25, 0.3) is 0 Å². The number of aliphatic hydroxyl groups is 1. The summed E-state index contributed by atoms with van der Waals surface area (Å²) in [6.07, 6.45) is 4.18. The molecule has 82 valence electrons. The molecule has 0 fully saturated rings. The predicted octanol–water partition coefficient (Wildman–Crippen LogP) is 3.76. The summed E-state index contributed by atoms with van der Waals surface area (Å²) in [6, 6.07) is 7.55. The van der Waals surface area contributed by atoms with Gasteiger partial charge >= 0.3 is 0 Å². The zero-order chi connectivity index (χ0) is 11.3. The van der Waals surface area contributed by atoms with Crippen molar-refractivity contribution in [2.24, 2.45) is 5.92 Å². The third-order valence-corrected chi connectivity index (χ3v) is 2.35. The molecule has 1 nitrogen and oxygen atoms in total. The van der Waals surface area contributed by atoms with Gasteiger partial charge in [0.05, 0.1) is 6.10 Å². The molecule has 0 saturated carbocycles. The summed E-state index contributed by atoms with van der Waals surface area (Å²) in [6.45, 7) is 4.19. The topological polar surface area (TPSA) is 20.2 Å². The molecule has 0 amide bonds. The third-order valence-electron chi connectivity index (χ3n) is 2.09. The van der Waals surface area contributed by atoms with Gasteiger partial charge in [0.1, 0.15) is 0 Å². The molecule has 0 aliphatic heterocycles. The van der Waals surface area contributed by atoms with E-state index in [0.717, 1.165) is 17.0 Å². The Morgan fingerprint density at radius 2 is 1.87 bits per heavy atom. The summed E-state index contributed by atoms with van der Waals surface area (Å²) < 4.78 is 0. The molecule has 0 radical (unpaired) electrons. The van der Waals surface area contributed by atoms with Gasteiger partial charge in [0.15, 0.2) is 0 Å². The molecule has 2 heteroatoms. The second-order valence-electron chi connectivity index (χ2n) is 4.11. The molecule has 15 heavy (non-hydrogen) atoms. The van der Waals surface area contributed by atoms with Gasteiger partial charge in [0.2, 0.25) is 0 Å². The maximum Gasteiger partial charge on any atom is 0.0726 e. The lowest BCUT2D eigenvalue weighted by molar-refractivity contribution is 0.195. The van der Waals surface area contributed by atoms with Crippen LogP contribution >= 0.6 is 11.6 Å². The van der Waals surface area contributed by atoms with Crippen LogP contribution in [0.15, 0.2) is 30.3 Å². The number of hydrogen-bond donors (Lipinski definition) is 1. The van der Waals surface area contributed by atoms with Crippen LogP contribution < -0.4 is 0 Å². The highest BCUT2D eigenvalue weighted by Crippen LogP contribution is 2.12. The molecule has 0 bridgehead atoms. The van der Waals surface area contributed by atoms with Crippen molar-refractivity contribution in [3.8, 4) is 0 Å². The van der Waals surface area contributed by atoms with E-state index in [1.807, 2.05) is 36.4 Å². The first-order valence-corrected chi connectivity index (χ1v) is 5.57. The molecule has 0 aliphatic rings. The number of aliphatic hydroxyl groups excluding tert-OH is 1. The van der Waals surface area contributed by atoms with E-state index < -0.39 is 0 Å². The molecular formula is C13H17ClO. The Balaban J connectivity index is 2.53. The number of benzene rings is 1. The quantitative estimate of drug-likeness (QED) is 0.826. The maximum atomic E-state index is 9.62. The zero-order valence-corrected chi connectivity index (χ0v) is 9.91. The average Bonchev–Trinajstić information content (AvgIpc) is 2.16. The van der Waals surface area contributed by atoms with Crippen LogP contribution in [0.2, 0.25) is 5.02 Å². The van der Waals surface area contributed by atoms with E-state index in [2.05, 4.69) is 13.8 Å². The van der Waals surface area contributed by atoms with E-state index in [1.54, 1.807) is 0 Å². The Morgan fingerprint density at radius 3 is 2.40 bits per heavy atom. The van der Waals surface area contributed by atoms with Crippen LogP contribution in [-0.4, -0.2) is 11.2 Å². The molecule has 1 aromatic carbocycles. The van der Waals surface area contributed by atoms with Crippen molar-refractivity contribution in [3.63, 3.8) is 0 Å². The lowest BCUT2D eigenvalue weighted by Gasteiger charge is -2.07. The minimum absolute atomic E-state index is 0.360. The van der Waals surface area contributed by atoms with Crippen molar-refractivity contribution in [2.45, 2.75) is 26.4 Å². The van der Waals surface area contributed by atoms with Crippen LogP contribution in [0.5, 0.6) is 0 Å². The Bertz CT molecular complexity index is 314. The smallest absolute Gasteiger partial charge is 0.0726 e. The van der Waals surface area contributed by atoms with Gasteiger partial charge in [0, 0.05) is 5.02 Å². The van der Waals surface area contributed by atoms with Crippen LogP contribution in [-0.2, 0) is 0 Å². The normalized spacial score (nSPS) is 13.7. The highest BCUT2D eigenvalue weighted by molar-refractivity contribution is 6.30. The van der Waals surface area contributed by atoms with E-state index in [4.69, 9.17) is 11.6 Å². The first-order valence-electron chi connectivity index (χ1n) is 5.20. The maximum absolute atomic E-state index is 9.62. The van der Waals surface area contributed by atoms with Crippen LogP contribution in [0.3, 0.4) is 0 Å². The standard InChI is InChI=1S/C13H17ClO/c1-10(2)9-13(15)8-5-11-3-6-12(14)7-4-11/h3-8,10,13,15H,9H2,1-2H3/b8-5+/t13-/m1/s1. The van der Waals surface area contributed by atoms with Crippen molar-refractivity contribution in [1.82, 2.24) is 0 Å². The van der Waals surface area contributed by atoms with Crippen molar-refractivity contribution < 1.29 is 5.11 Å². The van der Waals surface area contributed by atoms with E-state index in [0.29, 0.717) is 5.92 Å². The summed E-state index contributed by atoms with van der Waals surface area (Å²) in [5.74, 6) is 0.509. The fourth-order valence-corrected chi connectivity index (χ4v) is 1.48. The number of halogens is 1. The molecule has 1 N–H and O–H groups in total. The van der Waals surface area contributed by atoms with Gasteiger partial charge < -0.3 is 5.11 Å². The Labute approximate surface area is 96.4 Å². The SMILES string of the molecule is CC(C)C[C@H](O)/C=C/c1ccc(Cl)cc1. The fourth-order valence-electron chi connectivity index (χ4n) is 1.36. The second-order valence-corrected chi connectivity index (χ2v) is 4.54. The van der Waals surface area contributed by atoms with Gasteiger partial charge in [-0.1, -0.05) is 49.7 Å². The highest BCUT2D eigenvalue weighted by Gasteiger charge is 2.01. The molecule has 0 saturated heterocycles. The van der Waals surface area contributed by atoms with Crippen molar-refractivity contribution >= 4 is 17.7 Å². The van der Waals surface area contributed by atoms with Crippen LogP contribution in [0, 0.1) is 5.92 Å². The molecule has 1 rings (SSSR count). The minimum atomic E-state index is -0.360. The summed E-state index contributed by atoms with van der Waals surface area (Å²) >= 11 is 5.77. The van der Waals surface area contributed by atoms with Gasteiger partial charge in [-0.2, -0.15) is 0 Å². The first-order chi connectivity index (χ1) is 7.08. The summed E-state index contributed by atoms with van der Waals surface area (Å²) in [7, 11) is 0. The van der Waals surface area contributed by atoms with Gasteiger partial charge in [-0.15, -0.1) is 0 Å². The van der Waals surface area contributed by atoms with Crippen LogP contribution in [0.25, 0.3) is 6.08 Å². The van der Waals surface area contributed by atoms with Crippen molar-refractivity contribution in [3.05, 3.63) is 40.9 Å². The van der Waals surface area contributed by atoms with Gasteiger partial charge in [-0.3, -0.25) is 0 Å². The molecular weight excluding hydrogens is 208 g/mol. The summed E-state index contributed by atoms with van der Waals surface area (Å²) in [5.41, 5.74) is 1.06. The fraction of sp³-hybridized carbons (Fsp3) is 0.385. The monoisotopic (exact) mass is 224 g/mol. The van der Waals surface area contributed by atoms with Crippen molar-refractivity contribution in [1.29, 1.82) is 0 Å². The van der Waals surface area contributed by atoms with Gasteiger partial charge in [-0.05, 0) is 30.0 Å². The predicted molar refractivity (Wildman–Crippen MR) is 65.9 cm³/mol. The minimum Gasteiger partial charge on any atom is -0.389 e. The lowest BCUT2D eigenvalue weighted by atomic mass is 10.0. The molecule has 0 unspecified atom stereocenters. The number of hydrogen-bond acceptors (Lipinski definition) is 1. The largest absolute Gasteiger partial charge is 0.389 e. The van der Waals surface area contributed by atoms with E-state index >= 15 is 0 Å². The third kappa shape index (κ3) is 5.01. The van der Waals surface area contributed by atoms with Crippen LogP contribution in [0.1, 0.15) is 25.8 Å². The molecule has 0 aliphatic carbocycles. The Morgan fingerprint density at radius 1 is 1.27 bits per heavy atom. The lowest BCUT2D eigenvalue weighted by Crippen LogP contribution is -2.05. The highest BCUT2D eigenvalue weighted by atomic mass is 35.5. The van der Waals surface area contributed by atoms with Gasteiger partial charge in [-0.25, -0.2) is 0 Å². The molecule has 0 heterocycles. The molecule has 0 aromatic heterocycles. The Hall–Kier alpha value is -0.790. The van der Waals surface area contributed by atoms with E-state index in [9.17, 15) is 5.11 Å². The van der Waals surface area contributed by atoms with E-state index in [-0.39, 0.29) is 6.10 Å². The molecule has 1 aromatic rings. The number of rotatable bonds is 4. The van der Waals surface area contributed by atoms with E-state index in [1.165, 1.54) is 0 Å².